The number of piperidine rings is 2. The van der Waals surface area contributed by atoms with Crippen LogP contribution in [-0.4, -0.2) is 112 Å². The fourth-order valence-electron chi connectivity index (χ4n) is 10.1. The van der Waals surface area contributed by atoms with Crippen molar-refractivity contribution >= 4 is 29.3 Å². The number of anilines is 1. The summed E-state index contributed by atoms with van der Waals surface area (Å²) in [6.45, 7) is 6.39. The number of aromatic hydroxyl groups is 1. The van der Waals surface area contributed by atoms with Crippen LogP contribution in [0.1, 0.15) is 87.2 Å². The predicted octanol–water partition coefficient (Wildman–Crippen LogP) is 4.59. The van der Waals surface area contributed by atoms with E-state index >= 15 is 8.78 Å². The molecule has 4 amide bonds. The number of rotatable bonds is 8. The Morgan fingerprint density at radius 2 is 1.51 bits per heavy atom. The quantitative estimate of drug-likeness (QED) is 0.250. The van der Waals surface area contributed by atoms with Crippen molar-refractivity contribution in [3.05, 3.63) is 93.0 Å². The third kappa shape index (κ3) is 6.76. The maximum absolute atomic E-state index is 16.0. The Kier molecular flexibility index (Phi) is 9.60. The van der Waals surface area contributed by atoms with Gasteiger partial charge in [0.1, 0.15) is 23.4 Å². The SMILES string of the molecule is C[C@@H]1Cc2cc(O)ccc2[C@@H](c2c(F)cc(N3CCC(N4CC(CN5Cc6cc7c(cc6C5)C(=O)N(C5CCC(=O)NC5=O)C7=O)C4)CC3)cc2F)N1CC(F)F. The average Bonchev–Trinajstić information content (AvgIpc) is 3.65. The molecule has 0 radical (unpaired) electrons. The zero-order valence-electron chi connectivity index (χ0n) is 31.5. The highest BCUT2D eigenvalue weighted by Gasteiger charge is 2.46. The molecule has 2 N–H and O–H groups in total. The topological polar surface area (TPSA) is 117 Å². The van der Waals surface area contributed by atoms with Crippen molar-refractivity contribution in [2.75, 3.05) is 44.2 Å². The number of fused-ring (bicyclic) bond motifs is 3. The van der Waals surface area contributed by atoms with Gasteiger partial charge in [-0.15, -0.1) is 0 Å². The van der Waals surface area contributed by atoms with Gasteiger partial charge in [0.15, 0.2) is 0 Å². The molecule has 0 bridgehead atoms. The van der Waals surface area contributed by atoms with Gasteiger partial charge >= 0.3 is 0 Å². The van der Waals surface area contributed by atoms with Crippen LogP contribution in [0.5, 0.6) is 5.75 Å². The molecule has 1 unspecified atom stereocenters. The number of alkyl halides is 2. The maximum Gasteiger partial charge on any atom is 0.262 e. The number of benzene rings is 3. The Labute approximate surface area is 327 Å². The van der Waals surface area contributed by atoms with Crippen molar-refractivity contribution in [3.8, 4) is 5.75 Å². The monoisotopic (exact) mass is 788 g/mol. The molecule has 57 heavy (non-hydrogen) atoms. The lowest BCUT2D eigenvalue weighted by Crippen LogP contribution is -2.57. The molecule has 6 aliphatic heterocycles. The molecular weight excluding hydrogens is 744 g/mol. The van der Waals surface area contributed by atoms with E-state index in [1.165, 1.54) is 23.1 Å². The van der Waals surface area contributed by atoms with E-state index in [4.69, 9.17) is 0 Å². The third-order valence-electron chi connectivity index (χ3n) is 12.9. The van der Waals surface area contributed by atoms with Gasteiger partial charge in [-0.05, 0) is 97.2 Å². The number of carbonyl (C=O) groups excluding carboxylic acids is 4. The highest BCUT2D eigenvalue weighted by atomic mass is 19.3. The minimum atomic E-state index is -2.69. The summed E-state index contributed by atoms with van der Waals surface area (Å²) in [4.78, 5) is 59.8. The van der Waals surface area contributed by atoms with E-state index in [9.17, 15) is 33.1 Å². The number of amides is 4. The number of carbonyl (C=O) groups is 4. The van der Waals surface area contributed by atoms with Crippen LogP contribution in [0.15, 0.2) is 42.5 Å². The van der Waals surface area contributed by atoms with Crippen molar-refractivity contribution in [2.24, 2.45) is 5.92 Å². The molecule has 0 aromatic heterocycles. The zero-order chi connectivity index (χ0) is 39.9. The fraction of sp³-hybridized carbons (Fsp3) is 0.476. The number of phenols is 1. The van der Waals surface area contributed by atoms with Crippen LogP contribution in [0.2, 0.25) is 0 Å². The summed E-state index contributed by atoms with van der Waals surface area (Å²) in [6, 6.07) is 8.61. The van der Waals surface area contributed by atoms with Gasteiger partial charge in [-0.3, -0.25) is 44.1 Å². The Hall–Kier alpha value is -4.86. The summed E-state index contributed by atoms with van der Waals surface area (Å²) in [5, 5.41) is 12.3. The number of nitrogens with one attached hydrogen (secondary N) is 1. The molecule has 9 rings (SSSR count). The van der Waals surface area contributed by atoms with E-state index in [1.807, 2.05) is 4.90 Å². The molecule has 3 atom stereocenters. The number of imide groups is 2. The van der Waals surface area contributed by atoms with E-state index < -0.39 is 66.4 Å². The predicted molar refractivity (Wildman–Crippen MR) is 200 cm³/mol. The minimum Gasteiger partial charge on any atom is -0.508 e. The van der Waals surface area contributed by atoms with Crippen molar-refractivity contribution in [3.63, 3.8) is 0 Å². The van der Waals surface area contributed by atoms with Gasteiger partial charge in [-0.2, -0.15) is 0 Å². The molecule has 3 saturated heterocycles. The zero-order valence-corrected chi connectivity index (χ0v) is 31.5. The first kappa shape index (κ1) is 37.7. The first-order valence-electron chi connectivity index (χ1n) is 19.8. The summed E-state index contributed by atoms with van der Waals surface area (Å²) in [7, 11) is 0. The third-order valence-corrected chi connectivity index (χ3v) is 12.9. The number of phenolic OH excluding ortho intramolecular Hbond substituents is 1. The van der Waals surface area contributed by atoms with Gasteiger partial charge in [-0.25, -0.2) is 17.6 Å². The van der Waals surface area contributed by atoms with Gasteiger partial charge in [0, 0.05) is 75.6 Å². The van der Waals surface area contributed by atoms with Gasteiger partial charge in [0.05, 0.1) is 23.7 Å². The summed E-state index contributed by atoms with van der Waals surface area (Å²) in [5.74, 6) is -3.13. The van der Waals surface area contributed by atoms with Gasteiger partial charge in [0.25, 0.3) is 18.2 Å². The van der Waals surface area contributed by atoms with Crippen LogP contribution in [-0.2, 0) is 29.1 Å². The standard InChI is InChI=1S/C42H44F4N6O5/c1-22-10-24-11-29(53)2-3-30(24)39(51(22)21-36(45)46)38-33(43)14-28(15-34(38)44)49-8-6-27(7-9-49)50-17-23(18-50)16-48-19-25-12-31-32(13-26(25)20-48)42(57)52(41(31)56)35-4-5-37(54)47-40(35)55/h2-3,11-15,22-23,27,35-36,39,53H,4-10,16-21H2,1H3,(H,47,54,55)/t22-,35?,39+/m1/s1. The Balaban J connectivity index is 0.792. The number of nitrogens with zero attached hydrogens (tertiary/aromatic N) is 5. The number of likely N-dealkylation sites (tertiary alicyclic amines) is 1. The van der Waals surface area contributed by atoms with E-state index in [1.54, 1.807) is 31.2 Å². The first-order chi connectivity index (χ1) is 27.3. The molecule has 3 aromatic rings. The molecular formula is C42H44F4N6O5. The summed E-state index contributed by atoms with van der Waals surface area (Å²) >= 11 is 0. The van der Waals surface area contributed by atoms with Crippen molar-refractivity contribution in [2.45, 2.75) is 82.7 Å². The molecule has 6 heterocycles. The summed E-state index contributed by atoms with van der Waals surface area (Å²) in [6.07, 6.45) is -0.468. The normalized spacial score (nSPS) is 24.9. The molecule has 0 saturated carbocycles. The molecule has 300 valence electrons. The van der Waals surface area contributed by atoms with Crippen molar-refractivity contribution < 1.29 is 41.8 Å². The minimum absolute atomic E-state index is 0.0130. The van der Waals surface area contributed by atoms with Crippen molar-refractivity contribution in [1.82, 2.24) is 24.9 Å². The molecule has 0 spiro atoms. The van der Waals surface area contributed by atoms with Gasteiger partial charge in [0.2, 0.25) is 11.8 Å². The van der Waals surface area contributed by atoms with E-state index in [0.29, 0.717) is 72.5 Å². The number of halogens is 4. The maximum atomic E-state index is 16.0. The lowest BCUT2D eigenvalue weighted by molar-refractivity contribution is -0.136. The van der Waals surface area contributed by atoms with E-state index in [-0.39, 0.29) is 24.2 Å². The molecule has 3 aromatic carbocycles. The van der Waals surface area contributed by atoms with Crippen LogP contribution in [0.3, 0.4) is 0 Å². The van der Waals surface area contributed by atoms with Crippen LogP contribution in [0, 0.1) is 17.6 Å². The van der Waals surface area contributed by atoms with Gasteiger partial charge < -0.3 is 10.0 Å². The Morgan fingerprint density at radius 3 is 2.12 bits per heavy atom. The number of hydrogen-bond donors (Lipinski definition) is 2. The number of hydrogen-bond acceptors (Lipinski definition) is 9. The fourth-order valence-corrected chi connectivity index (χ4v) is 10.1. The van der Waals surface area contributed by atoms with Crippen molar-refractivity contribution in [1.29, 1.82) is 0 Å². The molecule has 15 heteroatoms. The largest absolute Gasteiger partial charge is 0.508 e. The lowest BCUT2D eigenvalue weighted by atomic mass is 9.84. The highest BCUT2D eigenvalue weighted by molar-refractivity contribution is 6.23. The van der Waals surface area contributed by atoms with Crippen LogP contribution in [0.4, 0.5) is 23.2 Å². The second kappa shape index (κ2) is 14.5. The second-order valence-electron chi connectivity index (χ2n) is 16.6. The van der Waals surface area contributed by atoms with Crippen LogP contribution < -0.4 is 10.2 Å². The molecule has 3 fully saturated rings. The molecule has 6 aliphatic rings. The second-order valence-corrected chi connectivity index (χ2v) is 16.6. The van der Waals surface area contributed by atoms with Gasteiger partial charge in [-0.1, -0.05) is 6.07 Å². The summed E-state index contributed by atoms with van der Waals surface area (Å²) < 4.78 is 59.5. The first-order valence-corrected chi connectivity index (χ1v) is 19.8. The van der Waals surface area contributed by atoms with E-state index in [2.05, 4.69) is 15.1 Å². The highest BCUT2D eigenvalue weighted by Crippen LogP contribution is 2.43. The van der Waals surface area contributed by atoms with Crippen LogP contribution >= 0.6 is 0 Å². The van der Waals surface area contributed by atoms with Crippen LogP contribution in [0.25, 0.3) is 0 Å². The molecule has 11 nitrogen and oxygen atoms in total. The Morgan fingerprint density at radius 1 is 0.860 bits per heavy atom. The van der Waals surface area contributed by atoms with E-state index in [0.717, 1.165) is 48.5 Å². The Bertz CT molecular complexity index is 2100. The average molecular weight is 789 g/mol. The lowest BCUT2D eigenvalue weighted by Gasteiger charge is -2.48. The smallest absolute Gasteiger partial charge is 0.262 e. The summed E-state index contributed by atoms with van der Waals surface area (Å²) in [5.41, 5.74) is 3.95. The molecule has 0 aliphatic carbocycles.